The summed E-state index contributed by atoms with van der Waals surface area (Å²) in [5, 5.41) is 4.77. The van der Waals surface area contributed by atoms with Crippen LogP contribution in [-0.2, 0) is 0 Å². The second-order valence-corrected chi connectivity index (χ2v) is 14.7. The summed E-state index contributed by atoms with van der Waals surface area (Å²) in [5.41, 5.74) is 13.9. The molecule has 0 spiro atoms. The number of anilines is 3. The van der Waals surface area contributed by atoms with Crippen LogP contribution in [0.25, 0.3) is 66.1 Å². The zero-order valence-corrected chi connectivity index (χ0v) is 30.3. The molecule has 2 heteroatoms. The zero-order valence-electron chi connectivity index (χ0n) is 30.3. The van der Waals surface area contributed by atoms with Crippen LogP contribution in [0, 0.1) is 0 Å². The number of fused-ring (bicyclic) bond motifs is 4. The number of nitrogens with zero attached hydrogens (tertiary/aromatic N) is 1. The maximum atomic E-state index is 6.38. The molecule has 0 N–H and O–H groups in total. The monoisotopic (exact) mass is 695 g/mol. The van der Waals surface area contributed by atoms with Crippen molar-refractivity contribution in [3.05, 3.63) is 188 Å². The topological polar surface area (TPSA) is 16.4 Å². The third-order valence-corrected chi connectivity index (χ3v) is 11.5. The summed E-state index contributed by atoms with van der Waals surface area (Å²) in [4.78, 5) is 2.34. The highest BCUT2D eigenvalue weighted by atomic mass is 16.3. The van der Waals surface area contributed by atoms with Crippen molar-refractivity contribution < 1.29 is 4.42 Å². The Morgan fingerprint density at radius 2 is 0.963 bits per heavy atom. The van der Waals surface area contributed by atoms with Crippen molar-refractivity contribution in [2.45, 2.75) is 38.0 Å². The molecule has 0 atom stereocenters. The molecule has 10 rings (SSSR count). The van der Waals surface area contributed by atoms with Gasteiger partial charge in [-0.25, -0.2) is 0 Å². The van der Waals surface area contributed by atoms with Crippen molar-refractivity contribution >= 4 is 49.8 Å². The van der Waals surface area contributed by atoms with E-state index in [4.69, 9.17) is 4.42 Å². The van der Waals surface area contributed by atoms with Crippen LogP contribution < -0.4 is 4.90 Å². The Labute approximate surface area is 316 Å². The first-order valence-electron chi connectivity index (χ1n) is 19.4. The second kappa shape index (κ2) is 13.9. The summed E-state index contributed by atoms with van der Waals surface area (Å²) >= 11 is 0. The number of rotatable bonds is 7. The van der Waals surface area contributed by atoms with Gasteiger partial charge in [0.15, 0.2) is 0 Å². The smallest absolute Gasteiger partial charge is 0.137 e. The minimum Gasteiger partial charge on any atom is -0.456 e. The first-order valence-corrected chi connectivity index (χ1v) is 19.4. The Hall–Kier alpha value is -6.38. The van der Waals surface area contributed by atoms with Gasteiger partial charge in [-0.1, -0.05) is 153 Å². The van der Waals surface area contributed by atoms with Gasteiger partial charge < -0.3 is 9.32 Å². The minimum absolute atomic E-state index is 0.714. The fraction of sp³-hybridized carbons (Fsp3) is 0.115. The highest BCUT2D eigenvalue weighted by molar-refractivity contribution is 6.07. The first kappa shape index (κ1) is 32.3. The number of para-hydroxylation sites is 1. The summed E-state index contributed by atoms with van der Waals surface area (Å²) in [5.74, 6) is 0.714. The Morgan fingerprint density at radius 3 is 1.65 bits per heavy atom. The lowest BCUT2D eigenvalue weighted by Gasteiger charge is -2.26. The predicted molar refractivity (Wildman–Crippen MR) is 228 cm³/mol. The molecule has 1 aliphatic rings. The molecule has 260 valence electrons. The van der Waals surface area contributed by atoms with E-state index >= 15 is 0 Å². The van der Waals surface area contributed by atoms with Gasteiger partial charge in [0, 0.05) is 33.9 Å². The molecule has 1 aliphatic carbocycles. The van der Waals surface area contributed by atoms with Crippen LogP contribution in [0.1, 0.15) is 43.6 Å². The number of furan rings is 1. The molecule has 1 saturated carbocycles. The van der Waals surface area contributed by atoms with Crippen LogP contribution in [0.5, 0.6) is 0 Å². The first-order chi connectivity index (χ1) is 26.8. The summed E-state index contributed by atoms with van der Waals surface area (Å²) in [6.07, 6.45) is 6.74. The average molecular weight is 696 g/mol. The molecule has 0 radical (unpaired) electrons. The molecule has 0 aliphatic heterocycles. The van der Waals surface area contributed by atoms with Crippen molar-refractivity contribution in [3.8, 4) is 33.4 Å². The van der Waals surface area contributed by atoms with Crippen molar-refractivity contribution in [2.75, 3.05) is 4.90 Å². The molecule has 0 amide bonds. The van der Waals surface area contributed by atoms with Crippen LogP contribution in [-0.4, -0.2) is 0 Å². The van der Waals surface area contributed by atoms with Crippen LogP contribution >= 0.6 is 0 Å². The van der Waals surface area contributed by atoms with E-state index < -0.39 is 0 Å². The molecule has 1 fully saturated rings. The van der Waals surface area contributed by atoms with E-state index in [0.717, 1.165) is 39.0 Å². The van der Waals surface area contributed by atoms with Crippen molar-refractivity contribution in [3.63, 3.8) is 0 Å². The molecule has 9 aromatic rings. The van der Waals surface area contributed by atoms with Gasteiger partial charge in [-0.3, -0.25) is 0 Å². The standard InChI is InChI=1S/C52H41NO/c1-3-11-36(12-4-1)37-21-23-38(24-22-37)39-25-29-43(30-26-39)53(45-33-34-49-48-17-7-8-20-50(48)54-51(49)35-45)44-31-27-41(28-32-44)47-19-10-16-42-15-9-18-46(52(42)47)40-13-5-2-6-14-40/h2,5-10,13-36H,1,3-4,11-12H2. The predicted octanol–water partition coefficient (Wildman–Crippen LogP) is 15.3. The maximum absolute atomic E-state index is 6.38. The highest BCUT2D eigenvalue weighted by Crippen LogP contribution is 2.42. The van der Waals surface area contributed by atoms with Crippen LogP contribution in [0.4, 0.5) is 17.1 Å². The molecular weight excluding hydrogens is 655 g/mol. The fourth-order valence-corrected chi connectivity index (χ4v) is 8.72. The van der Waals surface area contributed by atoms with Gasteiger partial charge in [0.05, 0.1) is 0 Å². The molecule has 0 unspecified atom stereocenters. The highest BCUT2D eigenvalue weighted by Gasteiger charge is 2.18. The van der Waals surface area contributed by atoms with Gasteiger partial charge >= 0.3 is 0 Å². The van der Waals surface area contributed by atoms with Gasteiger partial charge in [-0.05, 0) is 111 Å². The molecule has 1 heterocycles. The van der Waals surface area contributed by atoms with Crippen molar-refractivity contribution in [1.29, 1.82) is 0 Å². The quantitative estimate of drug-likeness (QED) is 0.165. The van der Waals surface area contributed by atoms with Crippen molar-refractivity contribution in [1.82, 2.24) is 0 Å². The van der Waals surface area contributed by atoms with E-state index in [1.807, 2.05) is 12.1 Å². The van der Waals surface area contributed by atoms with Crippen molar-refractivity contribution in [2.24, 2.45) is 0 Å². The van der Waals surface area contributed by atoms with E-state index in [0.29, 0.717) is 5.92 Å². The van der Waals surface area contributed by atoms with E-state index in [1.165, 1.54) is 81.8 Å². The van der Waals surface area contributed by atoms with Gasteiger partial charge in [-0.15, -0.1) is 0 Å². The Kier molecular flexibility index (Phi) is 8.30. The molecule has 0 saturated heterocycles. The van der Waals surface area contributed by atoms with Gasteiger partial charge in [-0.2, -0.15) is 0 Å². The lowest BCUT2D eigenvalue weighted by molar-refractivity contribution is 0.443. The third kappa shape index (κ3) is 5.94. The lowest BCUT2D eigenvalue weighted by atomic mass is 9.84. The molecule has 0 bridgehead atoms. The summed E-state index contributed by atoms with van der Waals surface area (Å²) in [7, 11) is 0. The second-order valence-electron chi connectivity index (χ2n) is 14.7. The third-order valence-electron chi connectivity index (χ3n) is 11.5. The molecule has 8 aromatic carbocycles. The molecular formula is C52H41NO. The van der Waals surface area contributed by atoms with E-state index in [1.54, 1.807) is 0 Å². The van der Waals surface area contributed by atoms with Crippen LogP contribution in [0.2, 0.25) is 0 Å². The minimum atomic E-state index is 0.714. The lowest BCUT2D eigenvalue weighted by Crippen LogP contribution is -2.09. The normalized spacial score (nSPS) is 13.5. The molecule has 54 heavy (non-hydrogen) atoms. The summed E-state index contributed by atoms with van der Waals surface area (Å²) in [6, 6.07) is 66.2. The fourth-order valence-electron chi connectivity index (χ4n) is 8.72. The van der Waals surface area contributed by atoms with Gasteiger partial charge in [0.1, 0.15) is 11.2 Å². The van der Waals surface area contributed by atoms with E-state index in [-0.39, 0.29) is 0 Å². The molecule has 1 aromatic heterocycles. The number of hydrogen-bond donors (Lipinski definition) is 0. The Balaban J connectivity index is 1.04. The molecule has 2 nitrogen and oxygen atoms in total. The van der Waals surface area contributed by atoms with Gasteiger partial charge in [0.2, 0.25) is 0 Å². The van der Waals surface area contributed by atoms with E-state index in [2.05, 4.69) is 175 Å². The Morgan fingerprint density at radius 1 is 0.407 bits per heavy atom. The van der Waals surface area contributed by atoms with Crippen LogP contribution in [0.3, 0.4) is 0 Å². The average Bonchev–Trinajstić information content (AvgIpc) is 3.63. The summed E-state index contributed by atoms with van der Waals surface area (Å²) in [6.45, 7) is 0. The largest absolute Gasteiger partial charge is 0.456 e. The van der Waals surface area contributed by atoms with Gasteiger partial charge in [0.25, 0.3) is 0 Å². The summed E-state index contributed by atoms with van der Waals surface area (Å²) < 4.78 is 6.38. The van der Waals surface area contributed by atoms with Crippen LogP contribution in [0.15, 0.2) is 186 Å². The maximum Gasteiger partial charge on any atom is 0.137 e. The number of benzene rings is 8. The number of hydrogen-bond acceptors (Lipinski definition) is 2. The SMILES string of the molecule is c1ccc(-c2cccc3cccc(-c4ccc(N(c5ccc(-c6ccc(C7CCCCC7)cc6)cc5)c5ccc6c(c5)oc5ccccc56)cc4)c23)cc1. The zero-order chi connectivity index (χ0) is 35.8. The Bertz CT molecular complexity index is 2710. The van der Waals surface area contributed by atoms with E-state index in [9.17, 15) is 0 Å².